The fourth-order valence-corrected chi connectivity index (χ4v) is 7.33. The summed E-state index contributed by atoms with van der Waals surface area (Å²) in [6.07, 6.45) is 7.84. The van der Waals surface area contributed by atoms with E-state index in [1.165, 1.54) is 19.3 Å². The molecule has 2 fully saturated rings. The number of rotatable bonds is 9. The Bertz CT molecular complexity index is 1060. The summed E-state index contributed by atoms with van der Waals surface area (Å²) in [6, 6.07) is 18.1. The van der Waals surface area contributed by atoms with E-state index in [1.807, 2.05) is 49.4 Å². The van der Waals surface area contributed by atoms with Gasteiger partial charge in [-0.15, -0.1) is 12.4 Å². The van der Waals surface area contributed by atoms with Crippen LogP contribution in [0, 0.1) is 0 Å². The van der Waals surface area contributed by atoms with Crippen LogP contribution in [0.1, 0.15) is 68.6 Å². The van der Waals surface area contributed by atoms with Crippen molar-refractivity contribution < 1.29 is 13.2 Å². The molecule has 0 atom stereocenters. The van der Waals surface area contributed by atoms with Gasteiger partial charge in [0.1, 0.15) is 0 Å². The van der Waals surface area contributed by atoms with Crippen LogP contribution in [-0.4, -0.2) is 60.9 Å². The van der Waals surface area contributed by atoms with Crippen LogP contribution in [0.3, 0.4) is 0 Å². The molecule has 2 aromatic carbocycles. The average Bonchev–Trinajstić information content (AvgIpc) is 2.88. The van der Waals surface area contributed by atoms with Crippen molar-refractivity contribution in [2.45, 2.75) is 63.8 Å². The molecule has 7 heteroatoms. The third kappa shape index (κ3) is 6.53. The molecule has 1 aliphatic carbocycles. The van der Waals surface area contributed by atoms with Crippen molar-refractivity contribution in [2.24, 2.45) is 0 Å². The standard InChI is InChI=1S/C28H38N2O3S.ClH/c1-2-23-34(32,33)30-21-19-29(20-22-30)28(16-9-4-10-17-28)18-15-27(31)26-14-8-7-13-25(26)24-11-5-3-6-12-24;/h3,5-8,11-14H,2,4,9-10,15-23H2,1H3;1H. The number of benzene rings is 2. The van der Waals surface area contributed by atoms with Gasteiger partial charge in [-0.3, -0.25) is 9.69 Å². The summed E-state index contributed by atoms with van der Waals surface area (Å²) >= 11 is 0. The molecule has 0 amide bonds. The summed E-state index contributed by atoms with van der Waals surface area (Å²) < 4.78 is 26.7. The quantitative estimate of drug-likeness (QED) is 0.394. The second kappa shape index (κ2) is 12.5. The molecule has 4 rings (SSSR count). The Hall–Kier alpha value is -1.73. The van der Waals surface area contributed by atoms with Crippen molar-refractivity contribution in [3.8, 4) is 11.1 Å². The van der Waals surface area contributed by atoms with Gasteiger partial charge in [-0.1, -0.05) is 80.8 Å². The summed E-state index contributed by atoms with van der Waals surface area (Å²) in [5.74, 6) is 0.432. The molecule has 1 aliphatic heterocycles. The monoisotopic (exact) mass is 518 g/mol. The number of hydrogen-bond donors (Lipinski definition) is 0. The fraction of sp³-hybridized carbons (Fsp3) is 0.536. The maximum absolute atomic E-state index is 13.5. The second-order valence-corrected chi connectivity index (χ2v) is 11.9. The van der Waals surface area contributed by atoms with Crippen molar-refractivity contribution in [3.05, 3.63) is 60.2 Å². The highest BCUT2D eigenvalue weighted by atomic mass is 35.5. The van der Waals surface area contributed by atoms with Crippen LogP contribution in [-0.2, 0) is 10.0 Å². The van der Waals surface area contributed by atoms with Gasteiger partial charge in [-0.25, -0.2) is 8.42 Å². The third-order valence-electron chi connectivity index (χ3n) is 7.68. The third-order valence-corrected chi connectivity index (χ3v) is 9.75. The van der Waals surface area contributed by atoms with Crippen molar-refractivity contribution in [1.29, 1.82) is 0 Å². The molecule has 1 saturated heterocycles. The Morgan fingerprint density at radius 1 is 0.886 bits per heavy atom. The molecule has 1 heterocycles. The van der Waals surface area contributed by atoms with E-state index in [-0.39, 0.29) is 29.5 Å². The topological polar surface area (TPSA) is 57.7 Å². The molecule has 0 N–H and O–H groups in total. The van der Waals surface area contributed by atoms with Gasteiger partial charge in [0.05, 0.1) is 5.75 Å². The molecule has 35 heavy (non-hydrogen) atoms. The van der Waals surface area contributed by atoms with E-state index in [0.29, 0.717) is 25.9 Å². The number of sulfonamides is 1. The van der Waals surface area contributed by atoms with Crippen LogP contribution in [0.5, 0.6) is 0 Å². The van der Waals surface area contributed by atoms with E-state index in [0.717, 1.165) is 49.0 Å². The number of nitrogens with zero attached hydrogens (tertiary/aromatic N) is 2. The summed E-state index contributed by atoms with van der Waals surface area (Å²) in [5, 5.41) is 0. The Morgan fingerprint density at radius 3 is 2.17 bits per heavy atom. The van der Waals surface area contributed by atoms with Gasteiger partial charge in [0, 0.05) is 43.7 Å². The van der Waals surface area contributed by atoms with Gasteiger partial charge >= 0.3 is 0 Å². The number of carbonyl (C=O) groups is 1. The summed E-state index contributed by atoms with van der Waals surface area (Å²) in [7, 11) is -3.15. The van der Waals surface area contributed by atoms with Crippen molar-refractivity contribution in [1.82, 2.24) is 9.21 Å². The Balaban J connectivity index is 0.00000342. The zero-order chi connectivity index (χ0) is 24.0. The van der Waals surface area contributed by atoms with Crippen LogP contribution in [0.4, 0.5) is 0 Å². The average molecular weight is 519 g/mol. The number of carbonyl (C=O) groups excluding carboxylic acids is 1. The molecular weight excluding hydrogens is 480 g/mol. The largest absolute Gasteiger partial charge is 0.295 e. The van der Waals surface area contributed by atoms with Gasteiger partial charge in [0.15, 0.2) is 5.78 Å². The van der Waals surface area contributed by atoms with Crippen molar-refractivity contribution >= 4 is 28.2 Å². The molecular formula is C28H39ClN2O3S. The SMILES string of the molecule is CCCS(=O)(=O)N1CCN(C2(CCC(=O)c3ccccc3-c3ccccc3)CCCCC2)CC1.Cl. The van der Waals surface area contributed by atoms with Gasteiger partial charge < -0.3 is 0 Å². The minimum Gasteiger partial charge on any atom is -0.295 e. The van der Waals surface area contributed by atoms with E-state index in [1.54, 1.807) is 4.31 Å². The van der Waals surface area contributed by atoms with E-state index < -0.39 is 10.0 Å². The lowest BCUT2D eigenvalue weighted by molar-refractivity contribution is 0.0165. The molecule has 0 aromatic heterocycles. The highest BCUT2D eigenvalue weighted by molar-refractivity contribution is 7.89. The van der Waals surface area contributed by atoms with E-state index >= 15 is 0 Å². The fourth-order valence-electron chi connectivity index (χ4n) is 5.84. The van der Waals surface area contributed by atoms with Crippen LogP contribution < -0.4 is 0 Å². The lowest BCUT2D eigenvalue weighted by atomic mass is 9.76. The highest BCUT2D eigenvalue weighted by Crippen LogP contribution is 2.39. The van der Waals surface area contributed by atoms with Gasteiger partial charge in [0.25, 0.3) is 0 Å². The molecule has 5 nitrogen and oxygen atoms in total. The highest BCUT2D eigenvalue weighted by Gasteiger charge is 2.40. The summed E-state index contributed by atoms with van der Waals surface area (Å²) in [5.41, 5.74) is 2.88. The predicted molar refractivity (Wildman–Crippen MR) is 146 cm³/mol. The van der Waals surface area contributed by atoms with Crippen molar-refractivity contribution in [3.63, 3.8) is 0 Å². The Morgan fingerprint density at radius 2 is 1.51 bits per heavy atom. The number of halogens is 1. The molecule has 1 saturated carbocycles. The summed E-state index contributed by atoms with van der Waals surface area (Å²) in [6.45, 7) is 4.57. The molecule has 0 unspecified atom stereocenters. The van der Waals surface area contributed by atoms with Gasteiger partial charge in [0.2, 0.25) is 10.0 Å². The number of Topliss-reactive ketones (excluding diaryl/α,β-unsaturated/α-hetero) is 1. The normalized spacial score (nSPS) is 19.1. The first-order valence-corrected chi connectivity index (χ1v) is 14.5. The molecule has 0 radical (unpaired) electrons. The van der Waals surface area contributed by atoms with Crippen molar-refractivity contribution in [2.75, 3.05) is 31.9 Å². The van der Waals surface area contributed by atoms with E-state index in [4.69, 9.17) is 0 Å². The Labute approximate surface area is 217 Å². The van der Waals surface area contributed by atoms with Crippen LogP contribution >= 0.6 is 12.4 Å². The first kappa shape index (κ1) is 27.9. The smallest absolute Gasteiger partial charge is 0.214 e. The van der Waals surface area contributed by atoms with Crippen LogP contribution in [0.2, 0.25) is 0 Å². The lowest BCUT2D eigenvalue weighted by Crippen LogP contribution is -2.58. The molecule has 192 valence electrons. The zero-order valence-corrected chi connectivity index (χ0v) is 22.5. The number of ketones is 1. The number of piperazine rings is 1. The minimum atomic E-state index is -3.15. The predicted octanol–water partition coefficient (Wildman–Crippen LogP) is 5.80. The molecule has 2 aromatic rings. The first-order valence-electron chi connectivity index (χ1n) is 12.9. The minimum absolute atomic E-state index is 0. The maximum Gasteiger partial charge on any atom is 0.214 e. The lowest BCUT2D eigenvalue weighted by Gasteiger charge is -2.50. The zero-order valence-electron chi connectivity index (χ0n) is 20.8. The van der Waals surface area contributed by atoms with Crippen LogP contribution in [0.15, 0.2) is 54.6 Å². The van der Waals surface area contributed by atoms with Gasteiger partial charge in [-0.2, -0.15) is 4.31 Å². The molecule has 0 spiro atoms. The van der Waals surface area contributed by atoms with Gasteiger partial charge in [-0.05, 0) is 36.8 Å². The first-order chi connectivity index (χ1) is 16.5. The van der Waals surface area contributed by atoms with E-state index in [9.17, 15) is 13.2 Å². The molecule has 0 bridgehead atoms. The summed E-state index contributed by atoms with van der Waals surface area (Å²) in [4.78, 5) is 16.0. The maximum atomic E-state index is 13.5. The van der Waals surface area contributed by atoms with Crippen LogP contribution in [0.25, 0.3) is 11.1 Å². The Kier molecular flexibility index (Phi) is 9.94. The van der Waals surface area contributed by atoms with E-state index in [2.05, 4.69) is 17.0 Å². The number of hydrogen-bond acceptors (Lipinski definition) is 4. The second-order valence-electron chi connectivity index (χ2n) is 9.82. The molecule has 2 aliphatic rings.